The third-order valence-electron chi connectivity index (χ3n) is 2.36. The van der Waals surface area contributed by atoms with Crippen LogP contribution in [0.25, 0.3) is 0 Å². The van der Waals surface area contributed by atoms with E-state index in [4.69, 9.17) is 16.7 Å². The molecule has 2 N–H and O–H groups in total. The van der Waals surface area contributed by atoms with Gasteiger partial charge in [0.1, 0.15) is 11.4 Å². The monoisotopic (exact) mass is 325 g/mol. The maximum atomic E-state index is 13.4. The molecule has 0 aliphatic carbocycles. The Morgan fingerprint density at radius 1 is 1.45 bits per heavy atom. The summed E-state index contributed by atoms with van der Waals surface area (Å²) >= 11 is 5.76. The van der Waals surface area contributed by atoms with E-state index in [2.05, 4.69) is 0 Å². The molecule has 20 heavy (non-hydrogen) atoms. The molecule has 6 nitrogen and oxygen atoms in total. The highest BCUT2D eigenvalue weighted by Gasteiger charge is 2.27. The van der Waals surface area contributed by atoms with Gasteiger partial charge in [0.15, 0.2) is 0 Å². The zero-order valence-electron chi connectivity index (χ0n) is 10.7. The number of nitrogens with zero attached hydrogens (tertiary/aromatic N) is 1. The van der Waals surface area contributed by atoms with Gasteiger partial charge >= 0.3 is 16.3 Å². The summed E-state index contributed by atoms with van der Waals surface area (Å²) in [6, 6.07) is 1.78. The highest BCUT2D eigenvalue weighted by Crippen LogP contribution is 2.33. The molecule has 0 fully saturated rings. The third kappa shape index (κ3) is 3.59. The van der Waals surface area contributed by atoms with E-state index in [1.165, 1.54) is 0 Å². The topological polar surface area (TPSA) is 94.9 Å². The smallest absolute Gasteiger partial charge is 0.360 e. The molecule has 0 aliphatic heterocycles. The first-order valence-corrected chi connectivity index (χ1v) is 7.29. The van der Waals surface area contributed by atoms with Crippen LogP contribution in [0.1, 0.15) is 24.2 Å². The predicted octanol–water partition coefficient (Wildman–Crippen LogP) is 2.44. The molecular formula is C11H13ClFNO5S. The number of carbonyl (C=O) groups is 1. The molecule has 0 saturated carbocycles. The van der Waals surface area contributed by atoms with Crippen LogP contribution in [0.4, 0.5) is 10.1 Å². The molecule has 0 unspecified atom stereocenters. The Morgan fingerprint density at radius 3 is 2.40 bits per heavy atom. The molecule has 0 heterocycles. The molecule has 0 aromatic heterocycles. The van der Waals surface area contributed by atoms with Crippen molar-refractivity contribution in [2.24, 2.45) is 5.92 Å². The third-order valence-corrected chi connectivity index (χ3v) is 3.65. The lowest BCUT2D eigenvalue weighted by atomic mass is 10.1. The fraction of sp³-hybridized carbons (Fsp3) is 0.364. The van der Waals surface area contributed by atoms with Gasteiger partial charge in [-0.25, -0.2) is 13.5 Å². The number of aromatic carboxylic acids is 1. The molecule has 0 bridgehead atoms. The number of hydrogen-bond donors (Lipinski definition) is 2. The standard InChI is InChI=1S/C11H13ClFNO5S/c1-6(2)5-14(20(17,18)19)8-4-3-7(13)9(10(8)12)11(15)16/h3-4,6H,5H2,1-2H3,(H,15,16)(H,17,18,19). The Bertz CT molecular complexity index is 632. The van der Waals surface area contributed by atoms with Crippen molar-refractivity contribution in [3.8, 4) is 0 Å². The Hall–Kier alpha value is -1.38. The molecule has 0 spiro atoms. The van der Waals surface area contributed by atoms with Gasteiger partial charge in [0.2, 0.25) is 0 Å². The zero-order chi connectivity index (χ0) is 15.7. The molecule has 0 aliphatic rings. The summed E-state index contributed by atoms with van der Waals surface area (Å²) in [5.41, 5.74) is -1.14. The molecule has 1 aromatic rings. The average molecular weight is 326 g/mol. The predicted molar refractivity (Wildman–Crippen MR) is 72.1 cm³/mol. The van der Waals surface area contributed by atoms with E-state index >= 15 is 0 Å². The molecule has 0 saturated heterocycles. The Balaban J connectivity index is 3.50. The number of benzene rings is 1. The number of hydrogen-bond acceptors (Lipinski definition) is 3. The summed E-state index contributed by atoms with van der Waals surface area (Å²) in [5, 5.41) is 8.30. The van der Waals surface area contributed by atoms with Gasteiger partial charge < -0.3 is 5.11 Å². The van der Waals surface area contributed by atoms with Gasteiger partial charge in [-0.3, -0.25) is 4.55 Å². The maximum absolute atomic E-state index is 13.4. The van der Waals surface area contributed by atoms with Crippen molar-refractivity contribution in [1.29, 1.82) is 0 Å². The highest BCUT2D eigenvalue weighted by atomic mass is 35.5. The van der Waals surface area contributed by atoms with Crippen molar-refractivity contribution in [1.82, 2.24) is 0 Å². The van der Waals surface area contributed by atoms with Gasteiger partial charge in [-0.2, -0.15) is 8.42 Å². The van der Waals surface area contributed by atoms with E-state index in [-0.39, 0.29) is 18.2 Å². The van der Waals surface area contributed by atoms with Crippen molar-refractivity contribution in [2.75, 3.05) is 10.8 Å². The highest BCUT2D eigenvalue weighted by molar-refractivity contribution is 7.87. The fourth-order valence-electron chi connectivity index (χ4n) is 1.58. The van der Waals surface area contributed by atoms with Crippen LogP contribution in [-0.2, 0) is 10.3 Å². The van der Waals surface area contributed by atoms with Gasteiger partial charge in [0.05, 0.1) is 10.7 Å². The van der Waals surface area contributed by atoms with Gasteiger partial charge in [0, 0.05) is 6.54 Å². The molecule has 1 aromatic carbocycles. The van der Waals surface area contributed by atoms with Crippen LogP contribution in [0.2, 0.25) is 5.02 Å². The quantitative estimate of drug-likeness (QED) is 0.811. The van der Waals surface area contributed by atoms with Gasteiger partial charge in [-0.15, -0.1) is 0 Å². The van der Waals surface area contributed by atoms with Crippen molar-refractivity contribution in [3.63, 3.8) is 0 Å². The van der Waals surface area contributed by atoms with Crippen molar-refractivity contribution in [3.05, 3.63) is 28.5 Å². The first-order chi connectivity index (χ1) is 9.05. The summed E-state index contributed by atoms with van der Waals surface area (Å²) in [6.07, 6.45) is 0. The summed E-state index contributed by atoms with van der Waals surface area (Å²) in [6.45, 7) is 3.24. The maximum Gasteiger partial charge on any atom is 0.360 e. The van der Waals surface area contributed by atoms with Crippen molar-refractivity contribution in [2.45, 2.75) is 13.8 Å². The molecule has 0 amide bonds. The average Bonchev–Trinajstić information content (AvgIpc) is 2.24. The SMILES string of the molecule is CC(C)CN(c1ccc(F)c(C(=O)O)c1Cl)S(=O)(=O)O. The van der Waals surface area contributed by atoms with Crippen LogP contribution in [0.15, 0.2) is 12.1 Å². The van der Waals surface area contributed by atoms with E-state index in [1.807, 2.05) is 0 Å². The number of carboxylic acids is 1. The number of halogens is 2. The summed E-state index contributed by atoms with van der Waals surface area (Å²) < 4.78 is 45.9. The lowest BCUT2D eigenvalue weighted by molar-refractivity contribution is 0.0692. The van der Waals surface area contributed by atoms with E-state index in [1.54, 1.807) is 13.8 Å². The first-order valence-electron chi connectivity index (χ1n) is 5.52. The lowest BCUT2D eigenvalue weighted by Crippen LogP contribution is -2.34. The second-order valence-corrected chi connectivity index (χ2v) is 6.18. The zero-order valence-corrected chi connectivity index (χ0v) is 12.2. The minimum Gasteiger partial charge on any atom is -0.478 e. The second kappa shape index (κ2) is 5.94. The normalized spacial score (nSPS) is 11.7. The van der Waals surface area contributed by atoms with Crippen LogP contribution < -0.4 is 4.31 Å². The van der Waals surface area contributed by atoms with Gasteiger partial charge in [0.25, 0.3) is 0 Å². The molecule has 0 radical (unpaired) electrons. The van der Waals surface area contributed by atoms with Crippen molar-refractivity contribution >= 4 is 33.6 Å². The van der Waals surface area contributed by atoms with Crippen LogP contribution >= 0.6 is 11.6 Å². The molecule has 0 atom stereocenters. The van der Waals surface area contributed by atoms with Crippen LogP contribution in [0.5, 0.6) is 0 Å². The first kappa shape index (κ1) is 16.7. The largest absolute Gasteiger partial charge is 0.478 e. The molecule has 9 heteroatoms. The van der Waals surface area contributed by atoms with Crippen LogP contribution in [0, 0.1) is 11.7 Å². The minimum absolute atomic E-state index is 0.136. The van der Waals surface area contributed by atoms with Crippen molar-refractivity contribution < 1.29 is 27.3 Å². The van der Waals surface area contributed by atoms with E-state index < -0.39 is 32.7 Å². The molecule has 1 rings (SSSR count). The van der Waals surface area contributed by atoms with E-state index in [9.17, 15) is 22.2 Å². The Morgan fingerprint density at radius 2 is 2.00 bits per heavy atom. The van der Waals surface area contributed by atoms with Gasteiger partial charge in [-0.05, 0) is 18.1 Å². The van der Waals surface area contributed by atoms with Crippen LogP contribution in [0.3, 0.4) is 0 Å². The lowest BCUT2D eigenvalue weighted by Gasteiger charge is -2.24. The Kier molecular flexibility index (Phi) is 4.95. The van der Waals surface area contributed by atoms with Crippen LogP contribution in [-0.4, -0.2) is 30.6 Å². The molecular weight excluding hydrogens is 313 g/mol. The number of rotatable bonds is 5. The fourth-order valence-corrected chi connectivity index (χ4v) is 2.85. The summed E-state index contributed by atoms with van der Waals surface area (Å²) in [7, 11) is -4.66. The second-order valence-electron chi connectivity index (χ2n) is 4.46. The summed E-state index contributed by atoms with van der Waals surface area (Å²) in [4.78, 5) is 10.9. The summed E-state index contributed by atoms with van der Waals surface area (Å²) in [5.74, 6) is -2.90. The minimum atomic E-state index is -4.66. The molecule has 112 valence electrons. The Labute approximate surface area is 120 Å². The number of carboxylic acid groups (broad SMARTS) is 1. The van der Waals surface area contributed by atoms with Gasteiger partial charge in [-0.1, -0.05) is 25.4 Å². The van der Waals surface area contributed by atoms with E-state index in [0.29, 0.717) is 4.31 Å². The van der Waals surface area contributed by atoms with E-state index in [0.717, 1.165) is 12.1 Å². The number of anilines is 1.